The van der Waals surface area contributed by atoms with Crippen molar-refractivity contribution in [2.75, 3.05) is 19.6 Å². The van der Waals surface area contributed by atoms with Crippen molar-refractivity contribution in [3.8, 4) is 0 Å². The van der Waals surface area contributed by atoms with Gasteiger partial charge in [0, 0.05) is 30.2 Å². The SMILES string of the molecule is Cc1ccc(S(=O)(=O)N2C(C)CN(CCCc3ccc(Cl)cc3)C[C@@H]2C)cc1CC(=O)O. The van der Waals surface area contributed by atoms with Gasteiger partial charge in [-0.25, -0.2) is 8.42 Å². The fraction of sp³-hybridized carbons (Fsp3) is 0.458. The molecule has 0 spiro atoms. The molecule has 2 aromatic carbocycles. The van der Waals surface area contributed by atoms with Crippen LogP contribution in [0.4, 0.5) is 0 Å². The largest absolute Gasteiger partial charge is 0.481 e. The van der Waals surface area contributed by atoms with E-state index in [-0.39, 0.29) is 23.4 Å². The van der Waals surface area contributed by atoms with Gasteiger partial charge in [0.25, 0.3) is 0 Å². The molecule has 0 aliphatic carbocycles. The van der Waals surface area contributed by atoms with Crippen molar-refractivity contribution in [1.29, 1.82) is 0 Å². The summed E-state index contributed by atoms with van der Waals surface area (Å²) in [6, 6.07) is 12.3. The van der Waals surface area contributed by atoms with Crippen LogP contribution in [0.2, 0.25) is 5.02 Å². The molecule has 1 heterocycles. The summed E-state index contributed by atoms with van der Waals surface area (Å²) >= 11 is 5.94. The van der Waals surface area contributed by atoms with Crippen LogP contribution in [-0.4, -0.2) is 60.4 Å². The molecule has 0 amide bonds. The first-order chi connectivity index (χ1) is 15.1. The Balaban J connectivity index is 1.66. The number of carboxylic acids is 1. The predicted molar refractivity (Wildman–Crippen MR) is 127 cm³/mol. The maximum absolute atomic E-state index is 13.4. The third-order valence-corrected chi connectivity index (χ3v) is 8.38. The Morgan fingerprint density at radius 2 is 1.72 bits per heavy atom. The summed E-state index contributed by atoms with van der Waals surface area (Å²) in [6.45, 7) is 7.90. The van der Waals surface area contributed by atoms with Crippen molar-refractivity contribution in [3.63, 3.8) is 0 Å². The van der Waals surface area contributed by atoms with Gasteiger partial charge in [0.05, 0.1) is 11.3 Å². The third kappa shape index (κ3) is 5.90. The number of rotatable bonds is 8. The number of sulfonamides is 1. The van der Waals surface area contributed by atoms with Crippen molar-refractivity contribution >= 4 is 27.6 Å². The summed E-state index contributed by atoms with van der Waals surface area (Å²) in [7, 11) is -3.73. The second-order valence-corrected chi connectivity index (χ2v) is 11.0. The fourth-order valence-corrected chi connectivity index (χ4v) is 6.50. The molecule has 1 fully saturated rings. The van der Waals surface area contributed by atoms with Crippen LogP contribution in [0.15, 0.2) is 47.4 Å². The molecule has 1 saturated heterocycles. The van der Waals surface area contributed by atoms with E-state index in [0.717, 1.165) is 30.0 Å². The maximum Gasteiger partial charge on any atom is 0.307 e. The highest BCUT2D eigenvalue weighted by atomic mass is 35.5. The maximum atomic E-state index is 13.4. The summed E-state index contributed by atoms with van der Waals surface area (Å²) in [6.07, 6.45) is 1.75. The highest BCUT2D eigenvalue weighted by Gasteiger charge is 2.38. The summed E-state index contributed by atoms with van der Waals surface area (Å²) in [5, 5.41) is 9.87. The molecule has 6 nitrogen and oxygen atoms in total. The molecule has 0 bridgehead atoms. The van der Waals surface area contributed by atoms with Gasteiger partial charge in [0.1, 0.15) is 0 Å². The van der Waals surface area contributed by atoms with Crippen molar-refractivity contribution in [1.82, 2.24) is 9.21 Å². The zero-order chi connectivity index (χ0) is 23.5. The van der Waals surface area contributed by atoms with E-state index in [1.54, 1.807) is 23.4 Å². The third-order valence-electron chi connectivity index (χ3n) is 6.00. The van der Waals surface area contributed by atoms with E-state index in [1.807, 2.05) is 38.1 Å². The number of nitrogens with zero attached hydrogens (tertiary/aromatic N) is 2. The lowest BCUT2D eigenvalue weighted by atomic mass is 10.1. The van der Waals surface area contributed by atoms with E-state index >= 15 is 0 Å². The lowest BCUT2D eigenvalue weighted by molar-refractivity contribution is -0.136. The Morgan fingerprint density at radius 3 is 2.31 bits per heavy atom. The number of carboxylic acid groups (broad SMARTS) is 1. The monoisotopic (exact) mass is 478 g/mol. The smallest absolute Gasteiger partial charge is 0.307 e. The Bertz CT molecular complexity index is 1040. The Hall–Kier alpha value is -1.93. The quantitative estimate of drug-likeness (QED) is 0.620. The zero-order valence-corrected chi connectivity index (χ0v) is 20.4. The molecular weight excluding hydrogens is 448 g/mol. The number of benzene rings is 2. The molecule has 1 unspecified atom stereocenters. The number of halogens is 1. The molecule has 0 radical (unpaired) electrons. The van der Waals surface area contributed by atoms with Crippen LogP contribution in [0.25, 0.3) is 0 Å². The van der Waals surface area contributed by atoms with Crippen LogP contribution >= 0.6 is 11.6 Å². The van der Waals surface area contributed by atoms with Crippen molar-refractivity contribution in [2.45, 2.75) is 57.0 Å². The van der Waals surface area contributed by atoms with Gasteiger partial charge in [-0.3, -0.25) is 4.79 Å². The lowest BCUT2D eigenvalue weighted by Crippen LogP contribution is -2.58. The Morgan fingerprint density at radius 1 is 1.09 bits per heavy atom. The standard InChI is InChI=1S/C24H31ClN2O4S/c1-17-6-11-23(13-21(17)14-24(28)29)32(30,31)27-18(2)15-26(16-19(27)3)12-4-5-20-7-9-22(25)10-8-20/h6-11,13,18-19H,4-5,12,14-16H2,1-3H3,(H,28,29)/t18-,19?/m0/s1. The number of hydrogen-bond acceptors (Lipinski definition) is 4. The summed E-state index contributed by atoms with van der Waals surface area (Å²) in [5.74, 6) is -0.975. The molecule has 1 N–H and O–H groups in total. The number of aryl methyl sites for hydroxylation is 2. The first-order valence-corrected chi connectivity index (χ1v) is 12.7. The van der Waals surface area contributed by atoms with E-state index < -0.39 is 16.0 Å². The minimum absolute atomic E-state index is 0.161. The average molecular weight is 479 g/mol. The highest BCUT2D eigenvalue weighted by Crippen LogP contribution is 2.27. The molecule has 1 aliphatic rings. The van der Waals surface area contributed by atoms with Crippen LogP contribution in [0, 0.1) is 6.92 Å². The molecule has 2 aromatic rings. The normalized spacial score (nSPS) is 20.4. The lowest BCUT2D eigenvalue weighted by Gasteiger charge is -2.43. The Labute approximate surface area is 195 Å². The van der Waals surface area contributed by atoms with Crippen LogP contribution in [0.3, 0.4) is 0 Å². The zero-order valence-electron chi connectivity index (χ0n) is 18.8. The van der Waals surface area contributed by atoms with Crippen LogP contribution in [0.1, 0.15) is 37.0 Å². The minimum Gasteiger partial charge on any atom is -0.481 e. The van der Waals surface area contributed by atoms with Crippen molar-refractivity contribution in [3.05, 3.63) is 64.2 Å². The Kier molecular flexibility index (Phi) is 7.98. The molecule has 0 aromatic heterocycles. The average Bonchev–Trinajstić information content (AvgIpc) is 2.70. The first kappa shape index (κ1) is 24.7. The fourth-order valence-electron chi connectivity index (χ4n) is 4.51. The molecule has 3 rings (SSSR count). The van der Waals surface area contributed by atoms with Crippen LogP contribution in [0.5, 0.6) is 0 Å². The van der Waals surface area contributed by atoms with Gasteiger partial charge in [-0.1, -0.05) is 29.8 Å². The van der Waals surface area contributed by atoms with Gasteiger partial charge in [-0.05, 0) is 81.1 Å². The number of carbonyl (C=O) groups is 1. The molecule has 0 saturated carbocycles. The molecule has 32 heavy (non-hydrogen) atoms. The van der Waals surface area contributed by atoms with Gasteiger partial charge in [0.2, 0.25) is 10.0 Å². The highest BCUT2D eigenvalue weighted by molar-refractivity contribution is 7.89. The second kappa shape index (κ2) is 10.3. The number of piperazine rings is 1. The van der Waals surface area contributed by atoms with Gasteiger partial charge in [0.15, 0.2) is 0 Å². The molecule has 174 valence electrons. The predicted octanol–water partition coefficient (Wildman–Crippen LogP) is 3.99. The van der Waals surface area contributed by atoms with Crippen LogP contribution < -0.4 is 0 Å². The first-order valence-electron chi connectivity index (χ1n) is 10.9. The van der Waals surface area contributed by atoms with Gasteiger partial charge in [-0.2, -0.15) is 4.31 Å². The topological polar surface area (TPSA) is 77.9 Å². The van der Waals surface area contributed by atoms with Crippen LogP contribution in [-0.2, 0) is 27.7 Å². The summed E-state index contributed by atoms with van der Waals surface area (Å²) < 4.78 is 28.5. The van der Waals surface area contributed by atoms with E-state index in [0.29, 0.717) is 18.7 Å². The van der Waals surface area contributed by atoms with Gasteiger partial charge in [-0.15, -0.1) is 0 Å². The van der Waals surface area contributed by atoms with Gasteiger partial charge < -0.3 is 10.0 Å². The summed E-state index contributed by atoms with van der Waals surface area (Å²) in [4.78, 5) is 13.6. The van der Waals surface area contributed by atoms with Crippen molar-refractivity contribution in [2.24, 2.45) is 0 Å². The molecule has 8 heteroatoms. The number of aliphatic carboxylic acids is 1. The van der Waals surface area contributed by atoms with Gasteiger partial charge >= 0.3 is 5.97 Å². The van der Waals surface area contributed by atoms with Crippen molar-refractivity contribution < 1.29 is 18.3 Å². The second-order valence-electron chi connectivity index (χ2n) is 8.68. The molecular formula is C24H31ClN2O4S. The minimum atomic E-state index is -3.73. The molecule has 1 aliphatic heterocycles. The summed E-state index contributed by atoms with van der Waals surface area (Å²) in [5.41, 5.74) is 2.55. The van der Waals surface area contributed by atoms with E-state index in [9.17, 15) is 13.2 Å². The van der Waals surface area contributed by atoms with E-state index in [2.05, 4.69) is 4.90 Å². The number of hydrogen-bond donors (Lipinski definition) is 1. The van der Waals surface area contributed by atoms with E-state index in [1.165, 1.54) is 11.6 Å². The van der Waals surface area contributed by atoms with E-state index in [4.69, 9.17) is 16.7 Å². The molecule has 2 atom stereocenters.